The van der Waals surface area contributed by atoms with E-state index in [0.717, 1.165) is 21.8 Å². The number of nitrogens with one attached hydrogen (secondary N) is 1. The Morgan fingerprint density at radius 3 is 2.55 bits per heavy atom. The summed E-state index contributed by atoms with van der Waals surface area (Å²) in [5, 5.41) is 5.72. The quantitative estimate of drug-likeness (QED) is 0.434. The maximum atomic E-state index is 14.8. The number of rotatable bonds is 4. The summed E-state index contributed by atoms with van der Waals surface area (Å²) in [6, 6.07) is 0.987. The summed E-state index contributed by atoms with van der Waals surface area (Å²) in [4.78, 5) is 30.2. The van der Waals surface area contributed by atoms with Gasteiger partial charge in [0.2, 0.25) is 11.8 Å². The first kappa shape index (κ1) is 27.9. The summed E-state index contributed by atoms with van der Waals surface area (Å²) in [7, 11) is 0. The second kappa shape index (κ2) is 9.78. The molecule has 0 spiro atoms. The molecule has 2 fully saturated rings. The zero-order chi connectivity index (χ0) is 29.1. The molecular formula is C24H20ClF7N6O2. The van der Waals surface area contributed by atoms with Gasteiger partial charge in [0.05, 0.1) is 34.4 Å². The van der Waals surface area contributed by atoms with E-state index < -0.39 is 89.7 Å². The minimum Gasteiger partial charge on any atom is -0.382 e. The highest BCUT2D eigenvalue weighted by Crippen LogP contribution is 2.41. The minimum atomic E-state index is -4.87. The number of amides is 2. The van der Waals surface area contributed by atoms with Gasteiger partial charge in [-0.3, -0.25) is 9.59 Å². The third-order valence-electron chi connectivity index (χ3n) is 7.09. The number of aromatic nitrogens is 3. The van der Waals surface area contributed by atoms with Gasteiger partial charge in [-0.1, -0.05) is 11.6 Å². The highest BCUT2D eigenvalue weighted by molar-refractivity contribution is 6.33. The Bertz CT molecular complexity index is 1510. The lowest BCUT2D eigenvalue weighted by molar-refractivity contribution is -0.136. The third-order valence-corrected chi connectivity index (χ3v) is 7.41. The Morgan fingerprint density at radius 1 is 1.18 bits per heavy atom. The van der Waals surface area contributed by atoms with Crippen molar-refractivity contribution in [2.45, 2.75) is 43.6 Å². The maximum absolute atomic E-state index is 14.8. The highest BCUT2D eigenvalue weighted by atomic mass is 35.5. The number of anilines is 1. The van der Waals surface area contributed by atoms with E-state index in [2.05, 4.69) is 15.4 Å². The number of halogens is 8. The highest BCUT2D eigenvalue weighted by Gasteiger charge is 2.46. The van der Waals surface area contributed by atoms with E-state index in [4.69, 9.17) is 17.3 Å². The first-order chi connectivity index (χ1) is 18.7. The molecule has 0 bridgehead atoms. The summed E-state index contributed by atoms with van der Waals surface area (Å²) in [6.45, 7) is -0.776. The predicted octanol–water partition coefficient (Wildman–Crippen LogP) is 4.50. The number of likely N-dealkylation sites (tertiary alicyclic amines) is 1. The zero-order valence-electron chi connectivity index (χ0n) is 20.3. The number of nitrogen functional groups attached to an aromatic ring is 1. The summed E-state index contributed by atoms with van der Waals surface area (Å²) < 4.78 is 98.5. The molecule has 40 heavy (non-hydrogen) atoms. The smallest absolute Gasteiger partial charge is 0.382 e. The second-order valence-corrected chi connectivity index (χ2v) is 10.2. The fourth-order valence-corrected chi connectivity index (χ4v) is 5.39. The molecule has 3 aromatic rings. The van der Waals surface area contributed by atoms with Crippen molar-refractivity contribution in [1.29, 1.82) is 0 Å². The molecule has 1 saturated heterocycles. The van der Waals surface area contributed by atoms with E-state index in [1.807, 2.05) is 0 Å². The molecule has 5 rings (SSSR count). The van der Waals surface area contributed by atoms with Crippen molar-refractivity contribution in [2.24, 2.45) is 5.92 Å². The van der Waals surface area contributed by atoms with Crippen LogP contribution in [-0.2, 0) is 11.0 Å². The SMILES string of the molecule is Nc1ncnn2c(-c3cc(C(=O)N[C@@H]4CN(C(=O)C5CCC(F)(F)C5)C[C@@H]4F)c(F)cc3Cl)cc(C(F)(F)F)c12. The number of hydrogen-bond donors (Lipinski definition) is 2. The lowest BCUT2D eigenvalue weighted by atomic mass is 10.1. The minimum absolute atomic E-state index is 0.0455. The van der Waals surface area contributed by atoms with Crippen LogP contribution in [0.25, 0.3) is 16.8 Å². The van der Waals surface area contributed by atoms with Crippen LogP contribution >= 0.6 is 11.6 Å². The number of alkyl halides is 6. The van der Waals surface area contributed by atoms with Crippen LogP contribution in [0.4, 0.5) is 36.6 Å². The third kappa shape index (κ3) is 5.02. The van der Waals surface area contributed by atoms with E-state index in [0.29, 0.717) is 12.1 Å². The van der Waals surface area contributed by atoms with Crippen molar-refractivity contribution < 1.29 is 40.3 Å². The predicted molar refractivity (Wildman–Crippen MR) is 128 cm³/mol. The van der Waals surface area contributed by atoms with Gasteiger partial charge >= 0.3 is 6.18 Å². The Kier molecular flexibility index (Phi) is 6.83. The molecular weight excluding hydrogens is 573 g/mol. The molecule has 1 unspecified atom stereocenters. The Hall–Kier alpha value is -3.62. The summed E-state index contributed by atoms with van der Waals surface area (Å²) in [5.74, 6) is -7.36. The molecule has 8 nitrogen and oxygen atoms in total. The Balaban J connectivity index is 1.41. The van der Waals surface area contributed by atoms with E-state index >= 15 is 0 Å². The maximum Gasteiger partial charge on any atom is 0.418 e. The van der Waals surface area contributed by atoms with Crippen LogP contribution in [-0.4, -0.2) is 62.5 Å². The normalized spacial score (nSPS) is 22.7. The van der Waals surface area contributed by atoms with Crippen molar-refractivity contribution in [3.05, 3.63) is 46.5 Å². The average molecular weight is 593 g/mol. The van der Waals surface area contributed by atoms with Crippen molar-refractivity contribution in [3.63, 3.8) is 0 Å². The van der Waals surface area contributed by atoms with Crippen molar-refractivity contribution in [1.82, 2.24) is 24.8 Å². The second-order valence-electron chi connectivity index (χ2n) is 9.79. The average Bonchev–Trinajstić information content (AvgIpc) is 3.54. The molecule has 2 aliphatic rings. The number of carbonyl (C=O) groups excluding carboxylic acids is 2. The van der Waals surface area contributed by atoms with Crippen LogP contribution in [0, 0.1) is 11.7 Å². The monoisotopic (exact) mass is 592 g/mol. The Morgan fingerprint density at radius 2 is 1.90 bits per heavy atom. The van der Waals surface area contributed by atoms with Gasteiger partial charge in [-0.05, 0) is 24.6 Å². The van der Waals surface area contributed by atoms with Crippen LogP contribution in [0.2, 0.25) is 5.02 Å². The van der Waals surface area contributed by atoms with Crippen LogP contribution in [0.3, 0.4) is 0 Å². The number of hydrogen-bond acceptors (Lipinski definition) is 5. The summed E-state index contributed by atoms with van der Waals surface area (Å²) in [6.07, 6.45) is -6.88. The van der Waals surface area contributed by atoms with Gasteiger partial charge in [-0.25, -0.2) is 27.1 Å². The van der Waals surface area contributed by atoms with E-state index in [9.17, 15) is 40.3 Å². The molecule has 1 aliphatic carbocycles. The molecule has 0 radical (unpaired) electrons. The van der Waals surface area contributed by atoms with Gasteiger partial charge in [-0.15, -0.1) is 0 Å². The molecule has 214 valence electrons. The van der Waals surface area contributed by atoms with Gasteiger partial charge in [-0.2, -0.15) is 18.3 Å². The molecule has 3 N–H and O–H groups in total. The van der Waals surface area contributed by atoms with E-state index in [1.165, 1.54) is 0 Å². The fraction of sp³-hybridized carbons (Fsp3) is 0.417. The standard InChI is InChI=1S/C24H20ClF7N6O2/c25-14-5-15(26)12(3-11(14)18-4-13(24(30,31)32)19-20(33)34-9-35-38(18)19)21(39)36-17-8-37(7-16(17)27)22(40)10-1-2-23(28,29)6-10/h3-5,9-10,16-17H,1-2,6-8H2,(H,36,39)(H2,33,34,35)/t10?,16-,17+/m0/s1. The molecule has 1 saturated carbocycles. The first-order valence-electron chi connectivity index (χ1n) is 12.0. The molecule has 2 aromatic heterocycles. The van der Waals surface area contributed by atoms with Gasteiger partial charge in [0.25, 0.3) is 5.91 Å². The Labute approximate surface area is 226 Å². The molecule has 16 heteroatoms. The van der Waals surface area contributed by atoms with Gasteiger partial charge in [0, 0.05) is 30.9 Å². The van der Waals surface area contributed by atoms with Crippen LogP contribution in [0.5, 0.6) is 0 Å². The van der Waals surface area contributed by atoms with Crippen LogP contribution in [0.15, 0.2) is 24.5 Å². The molecule has 1 aliphatic heterocycles. The van der Waals surface area contributed by atoms with Crippen molar-refractivity contribution in [2.75, 3.05) is 18.8 Å². The van der Waals surface area contributed by atoms with Gasteiger partial charge < -0.3 is 16.0 Å². The lowest BCUT2D eigenvalue weighted by Gasteiger charge is -2.20. The largest absolute Gasteiger partial charge is 0.418 e. The number of carbonyl (C=O) groups is 2. The van der Waals surface area contributed by atoms with Gasteiger partial charge in [0.15, 0.2) is 5.82 Å². The first-order valence-corrected chi connectivity index (χ1v) is 12.3. The van der Waals surface area contributed by atoms with Crippen LogP contribution < -0.4 is 11.1 Å². The lowest BCUT2D eigenvalue weighted by Crippen LogP contribution is -2.42. The topological polar surface area (TPSA) is 106 Å². The van der Waals surface area contributed by atoms with E-state index in [-0.39, 0.29) is 29.2 Å². The van der Waals surface area contributed by atoms with Crippen LogP contribution in [0.1, 0.15) is 35.2 Å². The van der Waals surface area contributed by atoms with Crippen molar-refractivity contribution >= 4 is 34.7 Å². The molecule has 3 heterocycles. The molecule has 1 aromatic carbocycles. The van der Waals surface area contributed by atoms with Crippen molar-refractivity contribution in [3.8, 4) is 11.3 Å². The van der Waals surface area contributed by atoms with E-state index in [1.54, 1.807) is 0 Å². The zero-order valence-corrected chi connectivity index (χ0v) is 21.0. The molecule has 2 amide bonds. The van der Waals surface area contributed by atoms with Gasteiger partial charge in [0.1, 0.15) is 23.8 Å². The molecule has 3 atom stereocenters. The number of fused-ring (bicyclic) bond motifs is 1. The fourth-order valence-electron chi connectivity index (χ4n) is 5.14. The number of benzene rings is 1. The summed E-state index contributed by atoms with van der Waals surface area (Å²) in [5.41, 5.74) is 2.73. The number of nitrogens with two attached hydrogens (primary N) is 1. The number of nitrogens with zero attached hydrogens (tertiary/aromatic N) is 4. The summed E-state index contributed by atoms with van der Waals surface area (Å²) >= 11 is 6.14.